The van der Waals surface area contributed by atoms with Crippen LogP contribution in [0.4, 0.5) is 0 Å². The molecule has 0 aliphatic rings. The highest BCUT2D eigenvalue weighted by atomic mass is 79.9. The number of hydrogen-bond donors (Lipinski definition) is 0. The Balaban J connectivity index is 1.70. The van der Waals surface area contributed by atoms with E-state index in [1.54, 1.807) is 0 Å². The molecule has 0 bridgehead atoms. The molecule has 3 heterocycles. The molecule has 6 rings (SSSR count). The zero-order chi connectivity index (χ0) is 21.5. The summed E-state index contributed by atoms with van der Waals surface area (Å²) in [5.74, 6) is 0.599. The first-order valence-corrected chi connectivity index (χ1v) is 11.1. The van der Waals surface area contributed by atoms with E-state index in [2.05, 4.69) is 64.5 Å². The Kier molecular flexibility index (Phi) is 4.55. The molecule has 0 fully saturated rings. The molecular weight excluding hydrogens is 460 g/mol. The molecule has 0 aliphatic heterocycles. The second kappa shape index (κ2) is 7.70. The summed E-state index contributed by atoms with van der Waals surface area (Å²) < 4.78 is 3.05. The summed E-state index contributed by atoms with van der Waals surface area (Å²) in [6.45, 7) is 0. The van der Waals surface area contributed by atoms with Gasteiger partial charge in [-0.2, -0.15) is 0 Å². The highest BCUT2D eigenvalue weighted by Crippen LogP contribution is 2.33. The van der Waals surface area contributed by atoms with Crippen LogP contribution in [0, 0.1) is 0 Å². The SMILES string of the molecule is Brc1ccc2c3cccnc3n(-c3nc(-c4ccccc4)cc(-c4ccccc4)n3)c2c1. The van der Waals surface area contributed by atoms with E-state index in [9.17, 15) is 0 Å². The average Bonchev–Trinajstić information content (AvgIpc) is 3.18. The zero-order valence-corrected chi connectivity index (χ0v) is 18.6. The third kappa shape index (κ3) is 3.18. The van der Waals surface area contributed by atoms with Gasteiger partial charge < -0.3 is 0 Å². The standard InChI is InChI=1S/C27H17BrN4/c28-20-13-14-21-22-12-7-15-29-26(22)32(25(21)16-20)27-30-23(18-8-3-1-4-9-18)17-24(31-27)19-10-5-2-6-11-19/h1-17H. The lowest BCUT2D eigenvalue weighted by Crippen LogP contribution is -2.04. The van der Waals surface area contributed by atoms with Crippen molar-refractivity contribution in [3.05, 3.63) is 108 Å². The molecule has 4 nitrogen and oxygen atoms in total. The Bertz CT molecular complexity index is 1520. The highest BCUT2D eigenvalue weighted by Gasteiger charge is 2.17. The van der Waals surface area contributed by atoms with Gasteiger partial charge >= 0.3 is 0 Å². The van der Waals surface area contributed by atoms with Crippen molar-refractivity contribution in [1.82, 2.24) is 19.5 Å². The second-order valence-corrected chi connectivity index (χ2v) is 8.46. The van der Waals surface area contributed by atoms with Gasteiger partial charge in [-0.15, -0.1) is 0 Å². The molecule has 3 aromatic heterocycles. The quantitative estimate of drug-likeness (QED) is 0.274. The predicted octanol–water partition coefficient (Wildman–Crippen LogP) is 7.07. The monoisotopic (exact) mass is 476 g/mol. The molecule has 0 atom stereocenters. The fourth-order valence-electron chi connectivity index (χ4n) is 4.07. The van der Waals surface area contributed by atoms with Crippen LogP contribution in [0.15, 0.2) is 108 Å². The summed E-state index contributed by atoms with van der Waals surface area (Å²) in [6, 6.07) is 32.8. The lowest BCUT2D eigenvalue weighted by atomic mass is 10.1. The summed E-state index contributed by atoms with van der Waals surface area (Å²) in [5.41, 5.74) is 5.68. The van der Waals surface area contributed by atoms with E-state index in [-0.39, 0.29) is 0 Å². The van der Waals surface area contributed by atoms with Crippen LogP contribution in [0.25, 0.3) is 50.4 Å². The second-order valence-electron chi connectivity index (χ2n) is 7.54. The number of pyridine rings is 1. The van der Waals surface area contributed by atoms with Gasteiger partial charge in [0, 0.05) is 32.6 Å². The maximum absolute atomic E-state index is 5.00. The summed E-state index contributed by atoms with van der Waals surface area (Å²) in [4.78, 5) is 14.7. The maximum atomic E-state index is 5.00. The Hall–Kier alpha value is -3.83. The van der Waals surface area contributed by atoms with Crippen molar-refractivity contribution in [3.63, 3.8) is 0 Å². The molecule has 0 aliphatic carbocycles. The van der Waals surface area contributed by atoms with Crippen LogP contribution in [-0.4, -0.2) is 19.5 Å². The fourth-order valence-corrected chi connectivity index (χ4v) is 4.42. The minimum Gasteiger partial charge on any atom is -0.262 e. The number of aromatic nitrogens is 4. The Morgan fingerprint density at radius 2 is 1.28 bits per heavy atom. The van der Waals surface area contributed by atoms with Crippen molar-refractivity contribution in [1.29, 1.82) is 0 Å². The van der Waals surface area contributed by atoms with Gasteiger partial charge in [-0.1, -0.05) is 82.7 Å². The summed E-state index contributed by atoms with van der Waals surface area (Å²) in [6.07, 6.45) is 1.81. The molecule has 0 spiro atoms. The third-order valence-electron chi connectivity index (χ3n) is 5.54. The molecule has 0 amide bonds. The van der Waals surface area contributed by atoms with Crippen molar-refractivity contribution >= 4 is 37.9 Å². The first kappa shape index (κ1) is 18.9. The van der Waals surface area contributed by atoms with Crippen molar-refractivity contribution in [3.8, 4) is 28.5 Å². The molecule has 152 valence electrons. The molecule has 32 heavy (non-hydrogen) atoms. The minimum atomic E-state index is 0.599. The van der Waals surface area contributed by atoms with Gasteiger partial charge in [0.1, 0.15) is 5.65 Å². The number of rotatable bonds is 3. The lowest BCUT2D eigenvalue weighted by molar-refractivity contribution is 0.981. The molecular formula is C27H17BrN4. The van der Waals surface area contributed by atoms with Crippen LogP contribution >= 0.6 is 15.9 Å². The van der Waals surface area contributed by atoms with Gasteiger partial charge in [0.05, 0.1) is 16.9 Å². The normalized spacial score (nSPS) is 11.3. The van der Waals surface area contributed by atoms with Gasteiger partial charge in [0.25, 0.3) is 0 Å². The van der Waals surface area contributed by atoms with E-state index in [1.165, 1.54) is 0 Å². The highest BCUT2D eigenvalue weighted by molar-refractivity contribution is 9.10. The van der Waals surface area contributed by atoms with E-state index >= 15 is 0 Å². The van der Waals surface area contributed by atoms with Gasteiger partial charge in [-0.25, -0.2) is 15.0 Å². The van der Waals surface area contributed by atoms with Crippen LogP contribution in [0.1, 0.15) is 0 Å². The van der Waals surface area contributed by atoms with Crippen LogP contribution < -0.4 is 0 Å². The first-order valence-electron chi connectivity index (χ1n) is 10.3. The number of benzene rings is 3. The average molecular weight is 477 g/mol. The van der Waals surface area contributed by atoms with Crippen LogP contribution in [0.3, 0.4) is 0 Å². The Morgan fingerprint density at radius 3 is 1.94 bits per heavy atom. The molecule has 0 unspecified atom stereocenters. The molecule has 6 aromatic rings. The molecule has 3 aromatic carbocycles. The van der Waals surface area contributed by atoms with Crippen molar-refractivity contribution in [2.24, 2.45) is 0 Å². The largest absolute Gasteiger partial charge is 0.262 e. The van der Waals surface area contributed by atoms with Gasteiger partial charge in [-0.3, -0.25) is 4.57 Å². The van der Waals surface area contributed by atoms with Gasteiger partial charge in [0.15, 0.2) is 0 Å². The van der Waals surface area contributed by atoms with Crippen LogP contribution in [-0.2, 0) is 0 Å². The fraction of sp³-hybridized carbons (Fsp3) is 0. The summed E-state index contributed by atoms with van der Waals surface area (Å²) >= 11 is 3.62. The smallest absolute Gasteiger partial charge is 0.237 e. The molecule has 0 saturated carbocycles. The van der Waals surface area contributed by atoms with Crippen LogP contribution in [0.2, 0.25) is 0 Å². The number of halogens is 1. The van der Waals surface area contributed by atoms with E-state index in [4.69, 9.17) is 15.0 Å². The van der Waals surface area contributed by atoms with Crippen molar-refractivity contribution in [2.45, 2.75) is 0 Å². The summed E-state index contributed by atoms with van der Waals surface area (Å²) in [7, 11) is 0. The van der Waals surface area contributed by atoms with E-state index in [0.717, 1.165) is 48.9 Å². The Labute approximate surface area is 193 Å². The molecule has 0 radical (unpaired) electrons. The lowest BCUT2D eigenvalue weighted by Gasteiger charge is -2.11. The van der Waals surface area contributed by atoms with Crippen molar-refractivity contribution in [2.75, 3.05) is 0 Å². The third-order valence-corrected chi connectivity index (χ3v) is 6.04. The first-order chi connectivity index (χ1) is 15.8. The predicted molar refractivity (Wildman–Crippen MR) is 133 cm³/mol. The molecule has 0 N–H and O–H groups in total. The Morgan fingerprint density at radius 1 is 0.625 bits per heavy atom. The van der Waals surface area contributed by atoms with Gasteiger partial charge in [-0.05, 0) is 30.3 Å². The van der Waals surface area contributed by atoms with Crippen LogP contribution in [0.5, 0.6) is 0 Å². The van der Waals surface area contributed by atoms with Crippen molar-refractivity contribution < 1.29 is 0 Å². The van der Waals surface area contributed by atoms with Gasteiger partial charge in [0.2, 0.25) is 5.95 Å². The topological polar surface area (TPSA) is 43.6 Å². The maximum Gasteiger partial charge on any atom is 0.237 e. The molecule has 0 saturated heterocycles. The molecule has 5 heteroatoms. The number of hydrogen-bond acceptors (Lipinski definition) is 3. The van der Waals surface area contributed by atoms with E-state index in [1.807, 2.05) is 59.3 Å². The summed E-state index contributed by atoms with van der Waals surface area (Å²) in [5, 5.41) is 2.19. The minimum absolute atomic E-state index is 0.599. The number of fused-ring (bicyclic) bond motifs is 3. The number of nitrogens with zero attached hydrogens (tertiary/aromatic N) is 4. The van der Waals surface area contributed by atoms with E-state index in [0.29, 0.717) is 5.95 Å². The van der Waals surface area contributed by atoms with E-state index < -0.39 is 0 Å². The zero-order valence-electron chi connectivity index (χ0n) is 17.0.